The van der Waals surface area contributed by atoms with Gasteiger partial charge in [0.1, 0.15) is 11.7 Å². The number of ether oxygens (including phenoxy) is 3. The van der Waals surface area contributed by atoms with E-state index in [0.717, 1.165) is 11.3 Å². The van der Waals surface area contributed by atoms with Gasteiger partial charge < -0.3 is 19.5 Å². The van der Waals surface area contributed by atoms with Crippen molar-refractivity contribution in [2.24, 2.45) is 11.8 Å². The number of esters is 2. The van der Waals surface area contributed by atoms with E-state index in [1.54, 1.807) is 19.2 Å². The summed E-state index contributed by atoms with van der Waals surface area (Å²) in [5, 5.41) is 3.26. The molecule has 1 N–H and O–H groups in total. The number of hydrogen-bond donors (Lipinski definition) is 1. The SMILES string of the molecule is CC[C@@H](C)OC(=O)C1=C(C)NC2=C(C(=O)[C@@H](C(=O)OC)[C@@H](C)C2)[C@H]1c1ccc(OC)cc1. The summed E-state index contributed by atoms with van der Waals surface area (Å²) < 4.78 is 15.8. The van der Waals surface area contributed by atoms with Crippen LogP contribution < -0.4 is 10.1 Å². The first kappa shape index (κ1) is 23.6. The molecule has 1 aromatic carbocycles. The van der Waals surface area contributed by atoms with Gasteiger partial charge in [0.2, 0.25) is 0 Å². The first-order chi connectivity index (χ1) is 15.2. The van der Waals surface area contributed by atoms with Crippen molar-refractivity contribution >= 4 is 17.7 Å². The fourth-order valence-corrected chi connectivity index (χ4v) is 4.41. The van der Waals surface area contributed by atoms with Crippen LogP contribution in [0.25, 0.3) is 0 Å². The summed E-state index contributed by atoms with van der Waals surface area (Å²) in [6.07, 6.45) is 0.908. The molecule has 0 saturated carbocycles. The molecule has 0 aromatic heterocycles. The van der Waals surface area contributed by atoms with Crippen molar-refractivity contribution in [3.8, 4) is 5.75 Å². The lowest BCUT2D eigenvalue weighted by atomic mass is 9.69. The second-order valence-corrected chi connectivity index (χ2v) is 8.43. The third-order valence-electron chi connectivity index (χ3n) is 6.30. The number of dihydropyridines is 1. The Bertz CT molecular complexity index is 975. The molecule has 2 aliphatic rings. The predicted molar refractivity (Wildman–Crippen MR) is 119 cm³/mol. The maximum Gasteiger partial charge on any atom is 0.337 e. The van der Waals surface area contributed by atoms with Gasteiger partial charge in [-0.15, -0.1) is 0 Å². The van der Waals surface area contributed by atoms with E-state index in [-0.39, 0.29) is 17.8 Å². The Morgan fingerprint density at radius 3 is 2.41 bits per heavy atom. The van der Waals surface area contributed by atoms with Gasteiger partial charge in [-0.1, -0.05) is 26.0 Å². The molecule has 1 aliphatic heterocycles. The molecule has 0 saturated heterocycles. The summed E-state index contributed by atoms with van der Waals surface area (Å²) in [6, 6.07) is 7.25. The Kier molecular flexibility index (Phi) is 7.06. The summed E-state index contributed by atoms with van der Waals surface area (Å²) in [5.41, 5.74) is 2.93. The molecule has 1 heterocycles. The maximum atomic E-state index is 13.6. The lowest BCUT2D eigenvalue weighted by Crippen LogP contribution is -2.43. The summed E-state index contributed by atoms with van der Waals surface area (Å²) in [5.74, 6) is -2.47. The second-order valence-electron chi connectivity index (χ2n) is 8.43. The molecule has 0 bridgehead atoms. The van der Waals surface area contributed by atoms with E-state index in [0.29, 0.717) is 35.4 Å². The molecule has 32 heavy (non-hydrogen) atoms. The molecule has 4 atom stereocenters. The molecule has 0 spiro atoms. The molecule has 0 amide bonds. The summed E-state index contributed by atoms with van der Waals surface area (Å²) in [6.45, 7) is 7.44. The van der Waals surface area contributed by atoms with Crippen LogP contribution in [-0.2, 0) is 23.9 Å². The van der Waals surface area contributed by atoms with Crippen LogP contribution >= 0.6 is 0 Å². The van der Waals surface area contributed by atoms with Crippen LogP contribution in [0.2, 0.25) is 0 Å². The van der Waals surface area contributed by atoms with Crippen molar-refractivity contribution in [2.75, 3.05) is 14.2 Å². The fourth-order valence-electron chi connectivity index (χ4n) is 4.41. The number of rotatable bonds is 6. The van der Waals surface area contributed by atoms with Crippen molar-refractivity contribution in [2.45, 2.75) is 52.6 Å². The zero-order valence-corrected chi connectivity index (χ0v) is 19.5. The van der Waals surface area contributed by atoms with Gasteiger partial charge >= 0.3 is 11.9 Å². The zero-order chi connectivity index (χ0) is 23.6. The molecule has 172 valence electrons. The smallest absolute Gasteiger partial charge is 0.337 e. The molecule has 7 heteroatoms. The molecule has 0 unspecified atom stereocenters. The highest BCUT2D eigenvalue weighted by molar-refractivity contribution is 6.12. The lowest BCUT2D eigenvalue weighted by Gasteiger charge is -2.38. The number of Topliss-reactive ketones (excluding diaryl/α,β-unsaturated/α-hetero) is 1. The van der Waals surface area contributed by atoms with E-state index in [1.165, 1.54) is 7.11 Å². The van der Waals surface area contributed by atoms with Crippen LogP contribution in [0.4, 0.5) is 0 Å². The van der Waals surface area contributed by atoms with Gasteiger partial charge in [-0.3, -0.25) is 9.59 Å². The number of carbonyl (C=O) groups excluding carboxylic acids is 3. The normalized spacial score (nSPS) is 23.8. The van der Waals surface area contributed by atoms with E-state index in [4.69, 9.17) is 14.2 Å². The molecule has 1 aromatic rings. The molecule has 7 nitrogen and oxygen atoms in total. The van der Waals surface area contributed by atoms with Gasteiger partial charge in [-0.2, -0.15) is 0 Å². The molecule has 1 aliphatic carbocycles. The van der Waals surface area contributed by atoms with Gasteiger partial charge in [0.15, 0.2) is 5.78 Å². The Balaban J connectivity index is 2.15. The minimum atomic E-state index is -0.911. The minimum Gasteiger partial charge on any atom is -0.497 e. The molecule has 0 radical (unpaired) electrons. The third kappa shape index (κ3) is 4.29. The van der Waals surface area contributed by atoms with Crippen LogP contribution in [0, 0.1) is 11.8 Å². The van der Waals surface area contributed by atoms with E-state index < -0.39 is 23.8 Å². The quantitative estimate of drug-likeness (QED) is 0.532. The number of allylic oxidation sites excluding steroid dienone is 3. The van der Waals surface area contributed by atoms with Crippen LogP contribution in [0.1, 0.15) is 52.0 Å². The van der Waals surface area contributed by atoms with Crippen molar-refractivity contribution < 1.29 is 28.6 Å². The standard InChI is InChI=1S/C25H31NO6/c1-7-14(3)32-25(29)20-15(4)26-18-12-13(2)19(24(28)31-6)23(27)22(18)21(20)16-8-10-17(30-5)11-9-16/h8-11,13-14,19,21,26H,7,12H2,1-6H3/t13-,14+,19-,21-/m0/s1. The maximum absolute atomic E-state index is 13.6. The van der Waals surface area contributed by atoms with Crippen molar-refractivity contribution in [1.82, 2.24) is 5.32 Å². The first-order valence-corrected chi connectivity index (χ1v) is 10.9. The summed E-state index contributed by atoms with van der Waals surface area (Å²) in [4.78, 5) is 39.3. The molecular weight excluding hydrogens is 410 g/mol. The monoisotopic (exact) mass is 441 g/mol. The summed E-state index contributed by atoms with van der Waals surface area (Å²) >= 11 is 0. The Labute approximate surface area is 188 Å². The number of carbonyl (C=O) groups is 3. The molecule has 3 rings (SSSR count). The lowest BCUT2D eigenvalue weighted by molar-refractivity contribution is -0.151. The largest absolute Gasteiger partial charge is 0.497 e. The topological polar surface area (TPSA) is 90.9 Å². The van der Waals surface area contributed by atoms with Crippen LogP contribution in [0.5, 0.6) is 5.75 Å². The highest BCUT2D eigenvalue weighted by atomic mass is 16.5. The second kappa shape index (κ2) is 9.59. The average molecular weight is 442 g/mol. The number of ketones is 1. The van der Waals surface area contributed by atoms with E-state index in [9.17, 15) is 14.4 Å². The number of nitrogens with one attached hydrogen (secondary N) is 1. The average Bonchev–Trinajstić information content (AvgIpc) is 2.77. The van der Waals surface area contributed by atoms with E-state index >= 15 is 0 Å². The number of methoxy groups -OCH3 is 2. The Hall–Kier alpha value is -3.09. The van der Waals surface area contributed by atoms with Crippen molar-refractivity contribution in [3.63, 3.8) is 0 Å². The number of benzene rings is 1. The third-order valence-corrected chi connectivity index (χ3v) is 6.30. The highest BCUT2D eigenvalue weighted by Crippen LogP contribution is 2.45. The van der Waals surface area contributed by atoms with Gasteiger partial charge in [0, 0.05) is 22.9 Å². The minimum absolute atomic E-state index is 0.223. The molecular formula is C25H31NO6. The van der Waals surface area contributed by atoms with Crippen molar-refractivity contribution in [1.29, 1.82) is 0 Å². The fraction of sp³-hybridized carbons (Fsp3) is 0.480. The Morgan fingerprint density at radius 2 is 1.84 bits per heavy atom. The number of hydrogen-bond acceptors (Lipinski definition) is 7. The van der Waals surface area contributed by atoms with E-state index in [1.807, 2.05) is 39.8 Å². The predicted octanol–water partition coefficient (Wildman–Crippen LogP) is 3.65. The molecule has 0 fully saturated rings. The van der Waals surface area contributed by atoms with Crippen LogP contribution in [0.3, 0.4) is 0 Å². The van der Waals surface area contributed by atoms with Crippen LogP contribution in [0.15, 0.2) is 46.8 Å². The highest BCUT2D eigenvalue weighted by Gasteiger charge is 2.47. The van der Waals surface area contributed by atoms with Gasteiger partial charge in [0.05, 0.1) is 25.9 Å². The first-order valence-electron chi connectivity index (χ1n) is 10.9. The zero-order valence-electron chi connectivity index (χ0n) is 19.5. The van der Waals surface area contributed by atoms with Crippen molar-refractivity contribution in [3.05, 3.63) is 52.4 Å². The van der Waals surface area contributed by atoms with Gasteiger partial charge in [-0.25, -0.2) is 4.79 Å². The van der Waals surface area contributed by atoms with Gasteiger partial charge in [-0.05, 0) is 50.3 Å². The van der Waals surface area contributed by atoms with E-state index in [2.05, 4.69) is 5.32 Å². The van der Waals surface area contributed by atoms with Crippen LogP contribution in [-0.4, -0.2) is 38.0 Å². The summed E-state index contributed by atoms with van der Waals surface area (Å²) in [7, 11) is 2.86. The van der Waals surface area contributed by atoms with Gasteiger partial charge in [0.25, 0.3) is 0 Å². The Morgan fingerprint density at radius 1 is 1.19 bits per heavy atom.